The summed E-state index contributed by atoms with van der Waals surface area (Å²) in [6, 6.07) is 7.90. The van der Waals surface area contributed by atoms with E-state index in [9.17, 15) is 5.11 Å². The van der Waals surface area contributed by atoms with Crippen LogP contribution in [0.5, 0.6) is 0 Å². The highest BCUT2D eigenvalue weighted by Gasteiger charge is 2.37. The summed E-state index contributed by atoms with van der Waals surface area (Å²) in [5.41, 5.74) is 0.332. The average molecular weight is 256 g/mol. The Morgan fingerprint density at radius 2 is 2.14 bits per heavy atom. The summed E-state index contributed by atoms with van der Waals surface area (Å²) >= 11 is 3.48. The Morgan fingerprint density at radius 1 is 1.43 bits per heavy atom. The molecule has 1 aromatic rings. The van der Waals surface area contributed by atoms with E-state index < -0.39 is 5.60 Å². The van der Waals surface area contributed by atoms with Gasteiger partial charge in [-0.25, -0.2) is 0 Å². The Kier molecular flexibility index (Phi) is 2.64. The van der Waals surface area contributed by atoms with Crippen molar-refractivity contribution in [2.24, 2.45) is 0 Å². The molecule has 2 rings (SSSR count). The van der Waals surface area contributed by atoms with Gasteiger partial charge in [-0.05, 0) is 25.1 Å². The van der Waals surface area contributed by atoms with Gasteiger partial charge in [0.1, 0.15) is 5.60 Å². The van der Waals surface area contributed by atoms with Crippen LogP contribution in [0.1, 0.15) is 12.0 Å². The number of benzene rings is 1. The predicted octanol–water partition coefficient (Wildman–Crippen LogP) is 1.97. The minimum Gasteiger partial charge on any atom is -0.384 e. The molecule has 0 saturated carbocycles. The molecule has 1 aromatic carbocycles. The van der Waals surface area contributed by atoms with Crippen LogP contribution in [-0.4, -0.2) is 30.1 Å². The summed E-state index contributed by atoms with van der Waals surface area (Å²) < 4.78 is 0.998. The lowest BCUT2D eigenvalue weighted by Gasteiger charge is -2.24. The standard InChI is InChI=1S/C11H14BrNO/c1-13-7-6-11(14,8-13)9-4-2-3-5-10(9)12/h2-5,14H,6-8H2,1H3. The molecule has 1 unspecified atom stereocenters. The van der Waals surface area contributed by atoms with Crippen molar-refractivity contribution in [1.82, 2.24) is 4.90 Å². The molecule has 76 valence electrons. The van der Waals surface area contributed by atoms with Crippen LogP contribution in [0, 0.1) is 0 Å². The summed E-state index contributed by atoms with van der Waals surface area (Å²) in [6.07, 6.45) is 0.812. The number of hydrogen-bond donors (Lipinski definition) is 1. The van der Waals surface area contributed by atoms with Gasteiger partial charge in [-0.1, -0.05) is 34.1 Å². The molecule has 14 heavy (non-hydrogen) atoms. The van der Waals surface area contributed by atoms with Crippen LogP contribution in [0.3, 0.4) is 0 Å². The predicted molar refractivity (Wildman–Crippen MR) is 60.2 cm³/mol. The summed E-state index contributed by atoms with van der Waals surface area (Å²) in [7, 11) is 2.04. The third-order valence-electron chi connectivity index (χ3n) is 2.81. The molecule has 3 heteroatoms. The molecule has 1 aliphatic rings. The smallest absolute Gasteiger partial charge is 0.105 e. The van der Waals surface area contributed by atoms with Crippen molar-refractivity contribution in [3.8, 4) is 0 Å². The van der Waals surface area contributed by atoms with E-state index in [1.165, 1.54) is 0 Å². The van der Waals surface area contributed by atoms with Crippen LogP contribution in [-0.2, 0) is 5.60 Å². The number of halogens is 1. The number of rotatable bonds is 1. The highest BCUT2D eigenvalue weighted by atomic mass is 79.9. The van der Waals surface area contributed by atoms with Crippen LogP contribution in [0.15, 0.2) is 28.7 Å². The van der Waals surface area contributed by atoms with Crippen molar-refractivity contribution < 1.29 is 5.11 Å². The van der Waals surface area contributed by atoms with Gasteiger partial charge >= 0.3 is 0 Å². The van der Waals surface area contributed by atoms with E-state index in [1.807, 2.05) is 31.3 Å². The quantitative estimate of drug-likeness (QED) is 0.830. The van der Waals surface area contributed by atoms with E-state index in [1.54, 1.807) is 0 Å². The zero-order valence-electron chi connectivity index (χ0n) is 8.20. The first-order valence-corrected chi connectivity index (χ1v) is 5.57. The van der Waals surface area contributed by atoms with Crippen molar-refractivity contribution in [1.29, 1.82) is 0 Å². The summed E-state index contributed by atoms with van der Waals surface area (Å²) in [4.78, 5) is 2.15. The van der Waals surface area contributed by atoms with Crippen LogP contribution < -0.4 is 0 Å². The molecule has 2 nitrogen and oxygen atoms in total. The van der Waals surface area contributed by atoms with Gasteiger partial charge in [0.2, 0.25) is 0 Å². The Hall–Kier alpha value is -0.380. The van der Waals surface area contributed by atoms with E-state index in [-0.39, 0.29) is 0 Å². The molecule has 1 saturated heterocycles. The number of aliphatic hydroxyl groups is 1. The topological polar surface area (TPSA) is 23.5 Å². The third-order valence-corrected chi connectivity index (χ3v) is 3.51. The fourth-order valence-electron chi connectivity index (χ4n) is 2.04. The number of likely N-dealkylation sites (N-methyl/N-ethyl adjacent to an activating group) is 1. The van der Waals surface area contributed by atoms with Crippen LogP contribution in [0.4, 0.5) is 0 Å². The molecular formula is C11H14BrNO. The van der Waals surface area contributed by atoms with E-state index in [0.29, 0.717) is 0 Å². The number of nitrogens with zero attached hydrogens (tertiary/aromatic N) is 1. The van der Waals surface area contributed by atoms with E-state index in [0.717, 1.165) is 29.5 Å². The highest BCUT2D eigenvalue weighted by Crippen LogP contribution is 2.35. The Balaban J connectivity index is 2.35. The van der Waals surface area contributed by atoms with E-state index in [4.69, 9.17) is 0 Å². The fourth-order valence-corrected chi connectivity index (χ4v) is 2.69. The van der Waals surface area contributed by atoms with Gasteiger partial charge in [0.15, 0.2) is 0 Å². The number of likely N-dealkylation sites (tertiary alicyclic amines) is 1. The van der Waals surface area contributed by atoms with Crippen LogP contribution in [0.25, 0.3) is 0 Å². The maximum Gasteiger partial charge on any atom is 0.105 e. The van der Waals surface area contributed by atoms with Crippen molar-refractivity contribution in [2.45, 2.75) is 12.0 Å². The van der Waals surface area contributed by atoms with Crippen molar-refractivity contribution in [3.05, 3.63) is 34.3 Å². The second kappa shape index (κ2) is 3.65. The van der Waals surface area contributed by atoms with Crippen molar-refractivity contribution in [3.63, 3.8) is 0 Å². The molecular weight excluding hydrogens is 242 g/mol. The Labute approximate surface area is 92.7 Å². The lowest BCUT2D eigenvalue weighted by molar-refractivity contribution is 0.0482. The van der Waals surface area contributed by atoms with Gasteiger partial charge < -0.3 is 10.0 Å². The summed E-state index contributed by atoms with van der Waals surface area (Å²) in [6.45, 7) is 1.67. The minimum absolute atomic E-state index is 0.672. The SMILES string of the molecule is CN1CCC(O)(c2ccccc2Br)C1. The van der Waals surface area contributed by atoms with Crippen LogP contribution in [0.2, 0.25) is 0 Å². The van der Waals surface area contributed by atoms with Crippen LogP contribution >= 0.6 is 15.9 Å². The lowest BCUT2D eigenvalue weighted by Crippen LogP contribution is -2.29. The lowest BCUT2D eigenvalue weighted by atomic mass is 9.93. The molecule has 0 spiro atoms. The molecule has 0 radical (unpaired) electrons. The van der Waals surface area contributed by atoms with Gasteiger partial charge in [-0.15, -0.1) is 0 Å². The normalized spacial score (nSPS) is 28.2. The molecule has 0 amide bonds. The maximum absolute atomic E-state index is 10.4. The monoisotopic (exact) mass is 255 g/mol. The second-order valence-corrected chi connectivity index (χ2v) is 4.85. The zero-order valence-corrected chi connectivity index (χ0v) is 9.79. The molecule has 1 N–H and O–H groups in total. The minimum atomic E-state index is -0.672. The first kappa shape index (κ1) is 10.1. The van der Waals surface area contributed by atoms with Gasteiger partial charge in [-0.3, -0.25) is 0 Å². The van der Waals surface area contributed by atoms with Crippen molar-refractivity contribution in [2.75, 3.05) is 20.1 Å². The maximum atomic E-state index is 10.4. The molecule has 1 aliphatic heterocycles. The molecule has 0 aromatic heterocycles. The second-order valence-electron chi connectivity index (χ2n) is 4.00. The first-order chi connectivity index (χ1) is 6.62. The van der Waals surface area contributed by atoms with Gasteiger partial charge in [0, 0.05) is 17.6 Å². The summed E-state index contributed by atoms with van der Waals surface area (Å²) in [5, 5.41) is 10.4. The number of β-amino-alcohol motifs (C(OH)–C–C–N with tert-alkyl or cyclic N) is 1. The number of hydrogen-bond acceptors (Lipinski definition) is 2. The zero-order chi connectivity index (χ0) is 10.2. The van der Waals surface area contributed by atoms with Crippen molar-refractivity contribution >= 4 is 15.9 Å². The Morgan fingerprint density at radius 3 is 2.71 bits per heavy atom. The average Bonchev–Trinajstić information content (AvgIpc) is 2.48. The van der Waals surface area contributed by atoms with Gasteiger partial charge in [0.05, 0.1) is 0 Å². The van der Waals surface area contributed by atoms with E-state index >= 15 is 0 Å². The highest BCUT2D eigenvalue weighted by molar-refractivity contribution is 9.10. The largest absolute Gasteiger partial charge is 0.384 e. The molecule has 0 bridgehead atoms. The fraction of sp³-hybridized carbons (Fsp3) is 0.455. The third kappa shape index (κ3) is 1.72. The van der Waals surface area contributed by atoms with Gasteiger partial charge in [-0.2, -0.15) is 0 Å². The molecule has 0 aliphatic carbocycles. The Bertz CT molecular complexity index is 342. The van der Waals surface area contributed by atoms with Gasteiger partial charge in [0.25, 0.3) is 0 Å². The molecule has 1 fully saturated rings. The first-order valence-electron chi connectivity index (χ1n) is 4.78. The van der Waals surface area contributed by atoms with E-state index in [2.05, 4.69) is 20.8 Å². The molecule has 1 heterocycles. The summed E-state index contributed by atoms with van der Waals surface area (Å²) in [5.74, 6) is 0. The molecule has 1 atom stereocenters.